The summed E-state index contributed by atoms with van der Waals surface area (Å²) in [6.45, 7) is 0.438. The quantitative estimate of drug-likeness (QED) is 0.781. The van der Waals surface area contributed by atoms with Gasteiger partial charge < -0.3 is 9.73 Å². The first-order chi connectivity index (χ1) is 6.76. The molecular weight excluding hydrogens is 180 g/mol. The lowest BCUT2D eigenvalue weighted by Crippen LogP contribution is -2.29. The van der Waals surface area contributed by atoms with Crippen molar-refractivity contribution in [3.05, 3.63) is 24.2 Å². The second-order valence-electron chi connectivity index (χ2n) is 3.59. The maximum Gasteiger partial charge on any atom is 0.254 e. The molecular formula is C10H10N2O2. The molecule has 1 saturated carbocycles. The molecule has 0 unspecified atom stereocenters. The number of amides is 1. The summed E-state index contributed by atoms with van der Waals surface area (Å²) in [6.07, 6.45) is 4.61. The Bertz CT molecular complexity index is 371. The van der Waals surface area contributed by atoms with Gasteiger partial charge in [-0.3, -0.25) is 4.79 Å². The van der Waals surface area contributed by atoms with Gasteiger partial charge in [0.05, 0.1) is 23.3 Å². The molecule has 72 valence electrons. The first-order valence-corrected chi connectivity index (χ1v) is 4.47. The van der Waals surface area contributed by atoms with Crippen LogP contribution >= 0.6 is 0 Å². The number of carbonyl (C=O) groups excluding carboxylic acids is 1. The van der Waals surface area contributed by atoms with Gasteiger partial charge in [0.2, 0.25) is 0 Å². The van der Waals surface area contributed by atoms with Gasteiger partial charge in [0, 0.05) is 6.54 Å². The topological polar surface area (TPSA) is 66.0 Å². The van der Waals surface area contributed by atoms with Crippen molar-refractivity contribution in [3.63, 3.8) is 0 Å². The third-order valence-corrected chi connectivity index (χ3v) is 2.46. The fraction of sp³-hybridized carbons (Fsp3) is 0.400. The smallest absolute Gasteiger partial charge is 0.254 e. The zero-order chi connectivity index (χ0) is 10.0. The Morgan fingerprint density at radius 2 is 2.50 bits per heavy atom. The number of furan rings is 1. The molecule has 0 bridgehead atoms. The average Bonchev–Trinajstić information content (AvgIpc) is 2.78. The lowest BCUT2D eigenvalue weighted by Gasteiger charge is -2.06. The number of nitriles is 1. The van der Waals surface area contributed by atoms with Crippen LogP contribution in [0.4, 0.5) is 0 Å². The van der Waals surface area contributed by atoms with Gasteiger partial charge in [0.15, 0.2) is 0 Å². The second kappa shape index (κ2) is 3.18. The van der Waals surface area contributed by atoms with E-state index in [0.29, 0.717) is 12.1 Å². The molecule has 1 aromatic heterocycles. The zero-order valence-corrected chi connectivity index (χ0v) is 7.62. The van der Waals surface area contributed by atoms with Crippen molar-refractivity contribution in [2.45, 2.75) is 12.8 Å². The Hall–Kier alpha value is -1.76. The van der Waals surface area contributed by atoms with Gasteiger partial charge in [0.1, 0.15) is 6.26 Å². The van der Waals surface area contributed by atoms with Crippen molar-refractivity contribution >= 4 is 5.91 Å². The van der Waals surface area contributed by atoms with Crippen LogP contribution in [0.5, 0.6) is 0 Å². The highest BCUT2D eigenvalue weighted by Crippen LogP contribution is 2.44. The monoisotopic (exact) mass is 190 g/mol. The fourth-order valence-electron chi connectivity index (χ4n) is 1.22. The average molecular weight is 190 g/mol. The molecule has 1 aliphatic carbocycles. The van der Waals surface area contributed by atoms with Crippen LogP contribution < -0.4 is 5.32 Å². The maximum atomic E-state index is 11.4. The van der Waals surface area contributed by atoms with Crippen molar-refractivity contribution in [2.24, 2.45) is 5.41 Å². The number of rotatable bonds is 3. The Kier molecular flexibility index (Phi) is 2.01. The predicted octanol–water partition coefficient (Wildman–Crippen LogP) is 1.31. The van der Waals surface area contributed by atoms with Gasteiger partial charge in [-0.25, -0.2) is 0 Å². The van der Waals surface area contributed by atoms with E-state index >= 15 is 0 Å². The summed E-state index contributed by atoms with van der Waals surface area (Å²) in [5.41, 5.74) is 0.207. The molecule has 4 nitrogen and oxygen atoms in total. The van der Waals surface area contributed by atoms with Crippen molar-refractivity contribution in [3.8, 4) is 6.07 Å². The molecule has 0 aliphatic heterocycles. The Labute approximate surface area is 81.5 Å². The van der Waals surface area contributed by atoms with Crippen LogP contribution in [0.2, 0.25) is 0 Å². The summed E-state index contributed by atoms with van der Waals surface area (Å²) in [4.78, 5) is 11.4. The lowest BCUT2D eigenvalue weighted by atomic mass is 10.1. The van der Waals surface area contributed by atoms with Crippen molar-refractivity contribution in [1.82, 2.24) is 5.32 Å². The Morgan fingerprint density at radius 3 is 3.00 bits per heavy atom. The number of nitrogens with one attached hydrogen (secondary N) is 1. The molecule has 0 aromatic carbocycles. The van der Waals surface area contributed by atoms with E-state index in [-0.39, 0.29) is 11.3 Å². The highest BCUT2D eigenvalue weighted by Gasteiger charge is 2.43. The first kappa shape index (κ1) is 8.82. The summed E-state index contributed by atoms with van der Waals surface area (Å²) >= 11 is 0. The van der Waals surface area contributed by atoms with Crippen LogP contribution in [0.15, 0.2) is 23.0 Å². The number of hydrogen-bond donors (Lipinski definition) is 1. The molecule has 1 N–H and O–H groups in total. The van der Waals surface area contributed by atoms with Gasteiger partial charge in [-0.1, -0.05) is 0 Å². The molecule has 1 amide bonds. The largest absolute Gasteiger partial charge is 0.472 e. The summed E-state index contributed by atoms with van der Waals surface area (Å²) in [5.74, 6) is -0.180. The summed E-state index contributed by atoms with van der Waals surface area (Å²) in [5, 5.41) is 11.5. The van der Waals surface area contributed by atoms with Gasteiger partial charge in [0.25, 0.3) is 5.91 Å². The minimum absolute atomic E-state index is 0.180. The van der Waals surface area contributed by atoms with Crippen LogP contribution in [-0.2, 0) is 0 Å². The number of carbonyl (C=O) groups is 1. The highest BCUT2D eigenvalue weighted by atomic mass is 16.3. The van der Waals surface area contributed by atoms with E-state index in [0.717, 1.165) is 12.8 Å². The van der Waals surface area contributed by atoms with Crippen LogP contribution in [0.1, 0.15) is 23.2 Å². The normalized spacial score (nSPS) is 17.1. The lowest BCUT2D eigenvalue weighted by molar-refractivity contribution is 0.0948. The van der Waals surface area contributed by atoms with Gasteiger partial charge in [-0.05, 0) is 18.9 Å². The van der Waals surface area contributed by atoms with Gasteiger partial charge in [-0.15, -0.1) is 0 Å². The van der Waals surface area contributed by atoms with E-state index in [1.165, 1.54) is 12.5 Å². The van der Waals surface area contributed by atoms with Crippen molar-refractivity contribution in [2.75, 3.05) is 6.54 Å². The van der Waals surface area contributed by atoms with E-state index in [9.17, 15) is 4.79 Å². The molecule has 14 heavy (non-hydrogen) atoms. The molecule has 0 atom stereocenters. The van der Waals surface area contributed by atoms with Crippen LogP contribution in [0.25, 0.3) is 0 Å². The summed E-state index contributed by atoms with van der Waals surface area (Å²) < 4.78 is 4.78. The van der Waals surface area contributed by atoms with Gasteiger partial charge >= 0.3 is 0 Å². The zero-order valence-electron chi connectivity index (χ0n) is 7.62. The fourth-order valence-corrected chi connectivity index (χ4v) is 1.22. The van der Waals surface area contributed by atoms with E-state index in [4.69, 9.17) is 9.68 Å². The highest BCUT2D eigenvalue weighted by molar-refractivity contribution is 5.93. The molecule has 2 rings (SSSR count). The van der Waals surface area contributed by atoms with Crippen molar-refractivity contribution in [1.29, 1.82) is 5.26 Å². The first-order valence-electron chi connectivity index (χ1n) is 4.47. The van der Waals surface area contributed by atoms with E-state index in [2.05, 4.69) is 11.4 Å². The van der Waals surface area contributed by atoms with Crippen LogP contribution in [-0.4, -0.2) is 12.5 Å². The molecule has 1 aromatic rings. The molecule has 1 aliphatic rings. The van der Waals surface area contributed by atoms with Crippen LogP contribution in [0, 0.1) is 16.7 Å². The predicted molar refractivity (Wildman–Crippen MR) is 48.3 cm³/mol. The second-order valence-corrected chi connectivity index (χ2v) is 3.59. The Morgan fingerprint density at radius 1 is 1.71 bits per heavy atom. The molecule has 0 spiro atoms. The molecule has 1 heterocycles. The van der Waals surface area contributed by atoms with E-state index < -0.39 is 0 Å². The number of hydrogen-bond acceptors (Lipinski definition) is 3. The standard InChI is InChI=1S/C10H10N2O2/c11-6-10(2-3-10)7-12-9(13)8-1-4-14-5-8/h1,4-5H,2-3,7H2,(H,12,13). The third kappa shape index (κ3) is 1.62. The maximum absolute atomic E-state index is 11.4. The van der Waals surface area contributed by atoms with E-state index in [1.807, 2.05) is 0 Å². The molecule has 4 heteroatoms. The van der Waals surface area contributed by atoms with Crippen LogP contribution in [0.3, 0.4) is 0 Å². The van der Waals surface area contributed by atoms with E-state index in [1.54, 1.807) is 6.07 Å². The van der Waals surface area contributed by atoms with Crippen molar-refractivity contribution < 1.29 is 9.21 Å². The molecule has 0 radical (unpaired) electrons. The summed E-state index contributed by atoms with van der Waals surface area (Å²) in [6, 6.07) is 3.81. The van der Waals surface area contributed by atoms with Gasteiger partial charge in [-0.2, -0.15) is 5.26 Å². The number of nitrogens with zero attached hydrogens (tertiary/aromatic N) is 1. The Balaban J connectivity index is 1.88. The minimum Gasteiger partial charge on any atom is -0.472 e. The molecule has 0 saturated heterocycles. The summed E-state index contributed by atoms with van der Waals surface area (Å²) in [7, 11) is 0. The minimum atomic E-state index is -0.292. The molecule has 1 fully saturated rings. The third-order valence-electron chi connectivity index (χ3n) is 2.46. The SMILES string of the molecule is N#CC1(CNC(=O)c2ccoc2)CC1.